The van der Waals surface area contributed by atoms with Crippen molar-refractivity contribution >= 4 is 46.8 Å². The molecule has 2 rings (SSSR count). The summed E-state index contributed by atoms with van der Waals surface area (Å²) in [5.74, 6) is 0.803. The second-order valence-electron chi connectivity index (χ2n) is 7.57. The molecular weight excluding hydrogens is 451 g/mol. The lowest BCUT2D eigenvalue weighted by Gasteiger charge is -2.29. The molecule has 1 N–H and O–H groups in total. The van der Waals surface area contributed by atoms with Gasteiger partial charge in [0.25, 0.3) is 0 Å². The average molecular weight is 481 g/mol. The second kappa shape index (κ2) is 13.0. The fraction of sp³-hybridized carbons (Fsp3) is 0.417. The number of hydrogen-bond acceptors (Lipinski definition) is 3. The number of halogens is 2. The maximum Gasteiger partial charge on any atom is 0.242 e. The molecule has 0 heterocycles. The van der Waals surface area contributed by atoms with Crippen LogP contribution in [-0.2, 0) is 21.9 Å². The lowest BCUT2D eigenvalue weighted by molar-refractivity contribution is -0.138. The number of rotatable bonds is 11. The highest BCUT2D eigenvalue weighted by Crippen LogP contribution is 2.24. The monoisotopic (exact) mass is 480 g/mol. The number of nitrogens with zero attached hydrogens (tertiary/aromatic N) is 1. The van der Waals surface area contributed by atoms with E-state index in [1.807, 2.05) is 13.0 Å². The molecule has 0 aliphatic carbocycles. The predicted octanol–water partition coefficient (Wildman–Crippen LogP) is 5.87. The Labute approximate surface area is 199 Å². The summed E-state index contributed by atoms with van der Waals surface area (Å²) >= 11 is 13.7. The number of nitrogens with one attached hydrogen (secondary N) is 1. The Bertz CT molecular complexity index is 874. The van der Waals surface area contributed by atoms with E-state index in [1.165, 1.54) is 11.1 Å². The topological polar surface area (TPSA) is 49.4 Å². The maximum absolute atomic E-state index is 13.1. The summed E-state index contributed by atoms with van der Waals surface area (Å²) in [6.07, 6.45) is 1.90. The van der Waals surface area contributed by atoms with Gasteiger partial charge in [-0.3, -0.25) is 9.59 Å². The number of thioether (sulfide) groups is 1. The Kier molecular flexibility index (Phi) is 10.7. The van der Waals surface area contributed by atoms with E-state index in [0.29, 0.717) is 28.9 Å². The Morgan fingerprint density at radius 1 is 1.06 bits per heavy atom. The highest BCUT2D eigenvalue weighted by atomic mass is 35.5. The molecule has 4 nitrogen and oxygen atoms in total. The molecule has 1 atom stereocenters. The van der Waals surface area contributed by atoms with Gasteiger partial charge >= 0.3 is 0 Å². The van der Waals surface area contributed by atoms with E-state index in [2.05, 4.69) is 36.5 Å². The van der Waals surface area contributed by atoms with Gasteiger partial charge in [-0.2, -0.15) is 0 Å². The van der Waals surface area contributed by atoms with E-state index >= 15 is 0 Å². The molecule has 0 fully saturated rings. The third-order valence-corrected chi connectivity index (χ3v) is 6.68. The lowest BCUT2D eigenvalue weighted by atomic mass is 10.1. The Balaban J connectivity index is 2.06. The van der Waals surface area contributed by atoms with Gasteiger partial charge in [0.2, 0.25) is 11.8 Å². The quantitative estimate of drug-likeness (QED) is 0.409. The van der Waals surface area contributed by atoms with Crippen LogP contribution in [0.25, 0.3) is 0 Å². The van der Waals surface area contributed by atoms with Gasteiger partial charge in [-0.25, -0.2) is 0 Å². The maximum atomic E-state index is 13.1. The first kappa shape index (κ1) is 25.6. The van der Waals surface area contributed by atoms with Crippen LogP contribution in [-0.4, -0.2) is 35.1 Å². The molecule has 31 heavy (non-hydrogen) atoms. The number of amides is 2. The van der Waals surface area contributed by atoms with Crippen molar-refractivity contribution in [2.45, 2.75) is 52.0 Å². The zero-order valence-electron chi connectivity index (χ0n) is 18.3. The second-order valence-corrected chi connectivity index (χ2v) is 9.37. The van der Waals surface area contributed by atoms with E-state index in [1.54, 1.807) is 35.7 Å². The van der Waals surface area contributed by atoms with Gasteiger partial charge < -0.3 is 10.2 Å². The van der Waals surface area contributed by atoms with Gasteiger partial charge in [0.05, 0.1) is 15.8 Å². The predicted molar refractivity (Wildman–Crippen MR) is 132 cm³/mol. The molecule has 0 aliphatic heterocycles. The van der Waals surface area contributed by atoms with Crippen molar-refractivity contribution < 1.29 is 9.59 Å². The van der Waals surface area contributed by atoms with Crippen LogP contribution in [0.1, 0.15) is 43.4 Å². The standard InChI is InChI=1S/C24H30Cl2N2O2S/c1-4-5-12-27-24(30)18(3)28(14-20-10-11-21(25)22(26)13-20)23(29)16-31-15-19-8-6-17(2)7-9-19/h6-11,13,18H,4-5,12,14-16H2,1-3H3,(H,27,30)/t18-/m0/s1. The molecule has 7 heteroatoms. The molecule has 0 radical (unpaired) electrons. The summed E-state index contributed by atoms with van der Waals surface area (Å²) in [6, 6.07) is 13.0. The van der Waals surface area contributed by atoms with Gasteiger partial charge in [-0.15, -0.1) is 11.8 Å². The molecule has 0 spiro atoms. The Morgan fingerprint density at radius 3 is 2.39 bits per heavy atom. The molecule has 0 saturated heterocycles. The largest absolute Gasteiger partial charge is 0.354 e. The van der Waals surface area contributed by atoms with Crippen LogP contribution < -0.4 is 5.32 Å². The minimum atomic E-state index is -0.584. The molecule has 0 aromatic heterocycles. The van der Waals surface area contributed by atoms with Gasteiger partial charge in [-0.1, -0.05) is 72.4 Å². The van der Waals surface area contributed by atoms with Crippen molar-refractivity contribution in [1.82, 2.24) is 10.2 Å². The number of carbonyl (C=O) groups is 2. The van der Waals surface area contributed by atoms with E-state index in [0.717, 1.165) is 24.2 Å². The van der Waals surface area contributed by atoms with E-state index in [4.69, 9.17) is 23.2 Å². The number of hydrogen-bond donors (Lipinski definition) is 1. The molecule has 2 amide bonds. The number of unbranched alkanes of at least 4 members (excludes halogenated alkanes) is 1. The van der Waals surface area contributed by atoms with Gasteiger partial charge in [0.1, 0.15) is 6.04 Å². The van der Waals surface area contributed by atoms with Crippen LogP contribution in [0.2, 0.25) is 10.0 Å². The Hall–Kier alpha value is -1.69. The number of carbonyl (C=O) groups excluding carboxylic acids is 2. The van der Waals surface area contributed by atoms with Gasteiger partial charge in [0, 0.05) is 18.8 Å². The van der Waals surface area contributed by atoms with Crippen LogP contribution in [0.5, 0.6) is 0 Å². The van der Waals surface area contributed by atoms with Gasteiger partial charge in [0.15, 0.2) is 0 Å². The smallest absolute Gasteiger partial charge is 0.242 e. The highest BCUT2D eigenvalue weighted by Gasteiger charge is 2.26. The summed E-state index contributed by atoms with van der Waals surface area (Å²) in [4.78, 5) is 27.3. The van der Waals surface area contributed by atoms with Crippen molar-refractivity contribution in [3.63, 3.8) is 0 Å². The van der Waals surface area contributed by atoms with Crippen molar-refractivity contribution in [2.24, 2.45) is 0 Å². The fourth-order valence-corrected chi connectivity index (χ4v) is 4.17. The highest BCUT2D eigenvalue weighted by molar-refractivity contribution is 7.99. The summed E-state index contributed by atoms with van der Waals surface area (Å²) in [5.41, 5.74) is 3.21. The van der Waals surface area contributed by atoms with Crippen LogP contribution in [0, 0.1) is 6.92 Å². The Morgan fingerprint density at radius 2 is 1.74 bits per heavy atom. The molecule has 0 unspecified atom stereocenters. The number of benzene rings is 2. The van der Waals surface area contributed by atoms with Crippen molar-refractivity contribution in [3.05, 3.63) is 69.2 Å². The average Bonchev–Trinajstić information content (AvgIpc) is 2.75. The van der Waals surface area contributed by atoms with Crippen LogP contribution >= 0.6 is 35.0 Å². The van der Waals surface area contributed by atoms with Crippen LogP contribution in [0.15, 0.2) is 42.5 Å². The van der Waals surface area contributed by atoms with Crippen molar-refractivity contribution in [3.8, 4) is 0 Å². The van der Waals surface area contributed by atoms with Crippen molar-refractivity contribution in [2.75, 3.05) is 12.3 Å². The molecule has 168 valence electrons. The minimum absolute atomic E-state index is 0.0821. The first-order chi connectivity index (χ1) is 14.8. The first-order valence-electron chi connectivity index (χ1n) is 10.5. The first-order valence-corrected chi connectivity index (χ1v) is 12.4. The molecule has 0 saturated carbocycles. The normalized spacial score (nSPS) is 11.8. The minimum Gasteiger partial charge on any atom is -0.354 e. The zero-order chi connectivity index (χ0) is 22.8. The third kappa shape index (κ3) is 8.40. The molecule has 2 aromatic carbocycles. The summed E-state index contributed by atoms with van der Waals surface area (Å²) in [6.45, 7) is 6.79. The lowest BCUT2D eigenvalue weighted by Crippen LogP contribution is -2.48. The van der Waals surface area contributed by atoms with Crippen molar-refractivity contribution in [1.29, 1.82) is 0 Å². The third-order valence-electron chi connectivity index (χ3n) is 4.95. The molecule has 0 bridgehead atoms. The fourth-order valence-electron chi connectivity index (χ4n) is 2.98. The van der Waals surface area contributed by atoms with Crippen LogP contribution in [0.4, 0.5) is 0 Å². The summed E-state index contributed by atoms with van der Waals surface area (Å²) < 4.78 is 0. The molecule has 2 aromatic rings. The van der Waals surface area contributed by atoms with Gasteiger partial charge in [-0.05, 0) is 43.5 Å². The summed E-state index contributed by atoms with van der Waals surface area (Å²) in [5, 5.41) is 3.82. The van der Waals surface area contributed by atoms with E-state index in [-0.39, 0.29) is 11.8 Å². The zero-order valence-corrected chi connectivity index (χ0v) is 20.6. The van der Waals surface area contributed by atoms with Crippen LogP contribution in [0.3, 0.4) is 0 Å². The van der Waals surface area contributed by atoms with E-state index < -0.39 is 6.04 Å². The van der Waals surface area contributed by atoms with E-state index in [9.17, 15) is 9.59 Å². The molecular formula is C24H30Cl2N2O2S. The molecule has 0 aliphatic rings. The SMILES string of the molecule is CCCCNC(=O)[C@H](C)N(Cc1ccc(Cl)c(Cl)c1)C(=O)CSCc1ccc(C)cc1. The number of aryl methyl sites for hydroxylation is 1. The summed E-state index contributed by atoms with van der Waals surface area (Å²) in [7, 11) is 0.